The lowest BCUT2D eigenvalue weighted by atomic mass is 9.85. The molecule has 1 aromatic heterocycles. The number of nitrogen functional groups attached to an aromatic ring is 1. The second kappa shape index (κ2) is 6.41. The van der Waals surface area contributed by atoms with Crippen LogP contribution in [0.25, 0.3) is 0 Å². The number of carbonyl (C=O) groups excluding carboxylic acids is 1. The molecule has 0 aliphatic rings. The first kappa shape index (κ1) is 15.3. The van der Waals surface area contributed by atoms with Crippen LogP contribution in [0.3, 0.4) is 0 Å². The smallest absolute Gasteiger partial charge is 0.252 e. The Hall–Kier alpha value is -1.78. The van der Waals surface area contributed by atoms with E-state index in [0.717, 1.165) is 6.54 Å². The van der Waals surface area contributed by atoms with E-state index in [0.29, 0.717) is 34.8 Å². The minimum atomic E-state index is -0.520. The van der Waals surface area contributed by atoms with Crippen molar-refractivity contribution in [1.29, 1.82) is 0 Å². The van der Waals surface area contributed by atoms with Gasteiger partial charge in [-0.2, -0.15) is 0 Å². The van der Waals surface area contributed by atoms with Gasteiger partial charge in [0.05, 0.1) is 17.4 Å². The number of nitrogens with two attached hydrogens (primary N) is 2. The van der Waals surface area contributed by atoms with Crippen LogP contribution in [0.5, 0.6) is 0 Å². The summed E-state index contributed by atoms with van der Waals surface area (Å²) in [6.45, 7) is 9.53. The maximum Gasteiger partial charge on any atom is 0.252 e. The second-order valence-electron chi connectivity index (χ2n) is 5.56. The molecule has 1 rings (SSSR count). The molecule has 0 fully saturated rings. The van der Waals surface area contributed by atoms with Crippen LogP contribution < -0.4 is 16.8 Å². The van der Waals surface area contributed by atoms with Crippen molar-refractivity contribution in [3.05, 3.63) is 17.8 Å². The first-order valence-corrected chi connectivity index (χ1v) is 6.62. The van der Waals surface area contributed by atoms with E-state index >= 15 is 0 Å². The SMILES string of the molecule is CC(C)C(CNc1ncc(N)cc1C(N)=O)C(C)C. The average molecular weight is 264 g/mol. The summed E-state index contributed by atoms with van der Waals surface area (Å²) in [6, 6.07) is 1.55. The van der Waals surface area contributed by atoms with E-state index in [4.69, 9.17) is 11.5 Å². The molecule has 0 spiro atoms. The fraction of sp³-hybridized carbons (Fsp3) is 0.571. The van der Waals surface area contributed by atoms with Gasteiger partial charge >= 0.3 is 0 Å². The minimum absolute atomic E-state index is 0.339. The van der Waals surface area contributed by atoms with E-state index in [-0.39, 0.29) is 0 Å². The summed E-state index contributed by atoms with van der Waals surface area (Å²) in [5.41, 5.74) is 11.7. The van der Waals surface area contributed by atoms with Gasteiger partial charge in [0.25, 0.3) is 5.91 Å². The summed E-state index contributed by atoms with van der Waals surface area (Å²) in [5.74, 6) is 1.60. The highest BCUT2D eigenvalue weighted by atomic mass is 16.1. The number of rotatable bonds is 6. The molecule has 1 amide bonds. The average Bonchev–Trinajstić information content (AvgIpc) is 2.29. The van der Waals surface area contributed by atoms with E-state index in [2.05, 4.69) is 38.0 Å². The standard InChI is InChI=1S/C14H24N4O/c1-8(2)12(9(3)4)7-18-14-11(13(16)19)5-10(15)6-17-14/h5-6,8-9,12H,7,15H2,1-4H3,(H2,16,19)(H,17,18). The van der Waals surface area contributed by atoms with E-state index < -0.39 is 5.91 Å². The fourth-order valence-electron chi connectivity index (χ4n) is 2.27. The normalized spacial score (nSPS) is 11.3. The topological polar surface area (TPSA) is 94.0 Å². The predicted molar refractivity (Wildman–Crippen MR) is 78.8 cm³/mol. The number of carbonyl (C=O) groups is 1. The molecule has 1 heterocycles. The van der Waals surface area contributed by atoms with Crippen molar-refractivity contribution < 1.29 is 4.79 Å². The lowest BCUT2D eigenvalue weighted by Crippen LogP contribution is -2.26. The van der Waals surface area contributed by atoms with Crippen LogP contribution in [0.15, 0.2) is 12.3 Å². The highest BCUT2D eigenvalue weighted by Gasteiger charge is 2.18. The van der Waals surface area contributed by atoms with Crippen molar-refractivity contribution in [3.8, 4) is 0 Å². The molecule has 0 aliphatic heterocycles. The Morgan fingerprint density at radius 3 is 2.37 bits per heavy atom. The number of hydrogen-bond donors (Lipinski definition) is 3. The number of nitrogens with one attached hydrogen (secondary N) is 1. The maximum atomic E-state index is 11.4. The molecule has 0 radical (unpaired) electrons. The predicted octanol–water partition coefficient (Wildman–Crippen LogP) is 2.10. The summed E-state index contributed by atoms with van der Waals surface area (Å²) in [6.07, 6.45) is 1.52. The van der Waals surface area contributed by atoms with Crippen molar-refractivity contribution in [1.82, 2.24) is 4.98 Å². The van der Waals surface area contributed by atoms with Gasteiger partial charge in [0.15, 0.2) is 0 Å². The van der Waals surface area contributed by atoms with Crippen molar-refractivity contribution in [2.75, 3.05) is 17.6 Å². The number of nitrogens with zero attached hydrogens (tertiary/aromatic N) is 1. The number of anilines is 2. The number of aromatic nitrogens is 1. The fourth-order valence-corrected chi connectivity index (χ4v) is 2.27. The van der Waals surface area contributed by atoms with E-state index in [1.54, 1.807) is 6.07 Å². The molecule has 0 saturated heterocycles. The molecule has 19 heavy (non-hydrogen) atoms. The molecule has 0 saturated carbocycles. The van der Waals surface area contributed by atoms with Gasteiger partial charge < -0.3 is 16.8 Å². The van der Waals surface area contributed by atoms with E-state index in [1.807, 2.05) is 0 Å². The first-order chi connectivity index (χ1) is 8.82. The monoisotopic (exact) mass is 264 g/mol. The molecular formula is C14H24N4O. The molecule has 0 aliphatic carbocycles. The zero-order chi connectivity index (χ0) is 14.6. The molecule has 0 bridgehead atoms. The first-order valence-electron chi connectivity index (χ1n) is 6.62. The molecule has 0 atom stereocenters. The van der Waals surface area contributed by atoms with Crippen molar-refractivity contribution in [2.45, 2.75) is 27.7 Å². The largest absolute Gasteiger partial charge is 0.397 e. The van der Waals surface area contributed by atoms with E-state index in [9.17, 15) is 4.79 Å². The van der Waals surface area contributed by atoms with Gasteiger partial charge in [0.2, 0.25) is 0 Å². The molecule has 5 N–H and O–H groups in total. The summed E-state index contributed by atoms with van der Waals surface area (Å²) >= 11 is 0. The quantitative estimate of drug-likeness (QED) is 0.733. The van der Waals surface area contributed by atoms with Crippen LogP contribution in [-0.4, -0.2) is 17.4 Å². The number of pyridine rings is 1. The molecule has 0 unspecified atom stereocenters. The third-order valence-electron chi connectivity index (χ3n) is 3.39. The third-order valence-corrected chi connectivity index (χ3v) is 3.39. The molecule has 5 nitrogen and oxygen atoms in total. The lowest BCUT2D eigenvalue weighted by molar-refractivity contribution is 0.100. The van der Waals surface area contributed by atoms with Crippen LogP contribution in [0.2, 0.25) is 0 Å². The van der Waals surface area contributed by atoms with Crippen LogP contribution in [0, 0.1) is 17.8 Å². The Morgan fingerprint density at radius 2 is 1.89 bits per heavy atom. The zero-order valence-electron chi connectivity index (χ0n) is 12.1. The Kier molecular flexibility index (Phi) is 5.15. The molecular weight excluding hydrogens is 240 g/mol. The second-order valence-corrected chi connectivity index (χ2v) is 5.56. The molecule has 106 valence electrons. The number of hydrogen-bond acceptors (Lipinski definition) is 4. The van der Waals surface area contributed by atoms with Gasteiger partial charge in [0, 0.05) is 6.54 Å². The van der Waals surface area contributed by atoms with Crippen molar-refractivity contribution in [3.63, 3.8) is 0 Å². The van der Waals surface area contributed by atoms with Crippen LogP contribution in [-0.2, 0) is 0 Å². The minimum Gasteiger partial charge on any atom is -0.397 e. The Bertz CT molecular complexity index is 435. The third kappa shape index (κ3) is 4.12. The van der Waals surface area contributed by atoms with Gasteiger partial charge in [-0.25, -0.2) is 4.98 Å². The van der Waals surface area contributed by atoms with Crippen LogP contribution >= 0.6 is 0 Å². The number of primary amides is 1. The van der Waals surface area contributed by atoms with Gasteiger partial charge in [-0.15, -0.1) is 0 Å². The summed E-state index contributed by atoms with van der Waals surface area (Å²) in [4.78, 5) is 15.5. The number of amides is 1. The van der Waals surface area contributed by atoms with E-state index in [1.165, 1.54) is 6.20 Å². The summed E-state index contributed by atoms with van der Waals surface area (Å²) < 4.78 is 0. The zero-order valence-corrected chi connectivity index (χ0v) is 12.1. The molecule has 5 heteroatoms. The molecule has 1 aromatic rings. The van der Waals surface area contributed by atoms with Crippen LogP contribution in [0.4, 0.5) is 11.5 Å². The summed E-state index contributed by atoms with van der Waals surface area (Å²) in [7, 11) is 0. The van der Waals surface area contributed by atoms with Gasteiger partial charge in [-0.3, -0.25) is 4.79 Å². The maximum absolute atomic E-state index is 11.4. The van der Waals surface area contributed by atoms with Gasteiger partial charge in [0.1, 0.15) is 5.82 Å². The van der Waals surface area contributed by atoms with Crippen LogP contribution in [0.1, 0.15) is 38.1 Å². The Labute approximate surface area is 114 Å². The van der Waals surface area contributed by atoms with Gasteiger partial charge in [-0.1, -0.05) is 27.7 Å². The highest BCUT2D eigenvalue weighted by Crippen LogP contribution is 2.22. The van der Waals surface area contributed by atoms with Crippen molar-refractivity contribution in [2.24, 2.45) is 23.5 Å². The highest BCUT2D eigenvalue weighted by molar-refractivity contribution is 5.98. The molecule has 0 aromatic carbocycles. The Balaban J connectivity index is 2.85. The van der Waals surface area contributed by atoms with Crippen molar-refractivity contribution >= 4 is 17.4 Å². The Morgan fingerprint density at radius 1 is 1.32 bits per heavy atom. The van der Waals surface area contributed by atoms with Gasteiger partial charge in [-0.05, 0) is 23.8 Å². The lowest BCUT2D eigenvalue weighted by Gasteiger charge is -2.25. The summed E-state index contributed by atoms with van der Waals surface area (Å²) in [5, 5.41) is 3.22.